The van der Waals surface area contributed by atoms with E-state index in [2.05, 4.69) is 10.6 Å². The van der Waals surface area contributed by atoms with Crippen molar-refractivity contribution in [2.24, 2.45) is 0 Å². The monoisotopic (exact) mass is 332 g/mol. The first kappa shape index (κ1) is 15.2. The third-order valence-corrected chi connectivity index (χ3v) is 4.29. The minimum absolute atomic E-state index is 0.139. The van der Waals surface area contributed by atoms with Gasteiger partial charge in [0.2, 0.25) is 0 Å². The minimum atomic E-state index is -0.756. The van der Waals surface area contributed by atoms with Crippen LogP contribution in [0.15, 0.2) is 77.4 Å². The maximum absolute atomic E-state index is 13.0. The Morgan fingerprint density at radius 1 is 0.960 bits per heavy atom. The number of benzene rings is 2. The van der Waals surface area contributed by atoms with Gasteiger partial charge in [0, 0.05) is 16.8 Å². The van der Waals surface area contributed by atoms with Gasteiger partial charge in [-0.15, -0.1) is 0 Å². The van der Waals surface area contributed by atoms with Crippen molar-refractivity contribution in [3.05, 3.63) is 89.9 Å². The van der Waals surface area contributed by atoms with E-state index < -0.39 is 12.1 Å². The van der Waals surface area contributed by atoms with E-state index in [1.807, 2.05) is 24.3 Å². The molecule has 0 bridgehead atoms. The van der Waals surface area contributed by atoms with Gasteiger partial charge < -0.3 is 15.1 Å². The van der Waals surface area contributed by atoms with E-state index in [4.69, 9.17) is 4.42 Å². The number of rotatable bonds is 3. The number of nitrogens with one attached hydrogen (secondary N) is 2. The topological polar surface area (TPSA) is 71.3 Å². The third kappa shape index (κ3) is 2.80. The molecular weight excluding hydrogens is 316 g/mol. The molecule has 0 saturated heterocycles. The fourth-order valence-corrected chi connectivity index (χ4v) is 3.06. The Balaban J connectivity index is 1.70. The van der Waals surface area contributed by atoms with Gasteiger partial charge in [-0.2, -0.15) is 0 Å². The SMILES string of the molecule is O=C(N[C@H]1C(=O)c2ccccc2N[C@H]1c1ccco1)c1ccccc1. The molecular formula is C20H16N2O3. The molecule has 5 nitrogen and oxygen atoms in total. The molecule has 124 valence electrons. The van der Waals surface area contributed by atoms with Crippen molar-refractivity contribution in [2.45, 2.75) is 12.1 Å². The van der Waals surface area contributed by atoms with Gasteiger partial charge in [0.15, 0.2) is 5.78 Å². The van der Waals surface area contributed by atoms with Crippen LogP contribution in [0.1, 0.15) is 32.5 Å². The number of anilines is 1. The summed E-state index contributed by atoms with van der Waals surface area (Å²) in [6, 6.07) is 18.4. The van der Waals surface area contributed by atoms with Crippen LogP contribution in [0, 0.1) is 0 Å². The second kappa shape index (κ2) is 6.28. The zero-order chi connectivity index (χ0) is 17.2. The maximum Gasteiger partial charge on any atom is 0.251 e. The average molecular weight is 332 g/mol. The van der Waals surface area contributed by atoms with Crippen molar-refractivity contribution in [1.82, 2.24) is 5.32 Å². The molecule has 1 aliphatic rings. The fourth-order valence-electron chi connectivity index (χ4n) is 3.06. The molecule has 2 N–H and O–H groups in total. The quantitative estimate of drug-likeness (QED) is 0.771. The molecule has 1 aromatic heterocycles. The van der Waals surface area contributed by atoms with Crippen molar-refractivity contribution in [1.29, 1.82) is 0 Å². The largest absolute Gasteiger partial charge is 0.467 e. The minimum Gasteiger partial charge on any atom is -0.467 e. The number of Topliss-reactive ketones (excluding diaryl/α,β-unsaturated/α-hetero) is 1. The van der Waals surface area contributed by atoms with Gasteiger partial charge in [0.1, 0.15) is 17.8 Å². The Morgan fingerprint density at radius 3 is 2.48 bits per heavy atom. The van der Waals surface area contributed by atoms with Crippen LogP contribution in [-0.4, -0.2) is 17.7 Å². The summed E-state index contributed by atoms with van der Waals surface area (Å²) >= 11 is 0. The standard InChI is InChI=1S/C20H16N2O3/c23-19-14-9-4-5-10-15(14)21-17(16-11-6-12-25-16)18(19)22-20(24)13-7-2-1-3-8-13/h1-12,17-18,21H,(H,22,24)/t17-,18+/m0/s1. The summed E-state index contributed by atoms with van der Waals surface area (Å²) in [5.41, 5.74) is 1.80. The summed E-state index contributed by atoms with van der Waals surface area (Å²) in [6.07, 6.45) is 1.55. The average Bonchev–Trinajstić information content (AvgIpc) is 3.19. The molecule has 4 rings (SSSR count). The second-order valence-corrected chi connectivity index (χ2v) is 5.86. The van der Waals surface area contributed by atoms with E-state index in [0.717, 1.165) is 5.69 Å². The van der Waals surface area contributed by atoms with E-state index in [1.54, 1.807) is 48.7 Å². The lowest BCUT2D eigenvalue weighted by Gasteiger charge is -2.32. The van der Waals surface area contributed by atoms with Crippen molar-refractivity contribution in [2.75, 3.05) is 5.32 Å². The first-order valence-corrected chi connectivity index (χ1v) is 8.03. The van der Waals surface area contributed by atoms with Crippen LogP contribution in [0.5, 0.6) is 0 Å². The zero-order valence-corrected chi connectivity index (χ0v) is 13.3. The molecule has 25 heavy (non-hydrogen) atoms. The molecule has 0 spiro atoms. The summed E-state index contributed by atoms with van der Waals surface area (Å²) in [6.45, 7) is 0. The predicted molar refractivity (Wildman–Crippen MR) is 93.5 cm³/mol. The van der Waals surface area contributed by atoms with Crippen LogP contribution < -0.4 is 10.6 Å². The number of para-hydroxylation sites is 1. The summed E-state index contributed by atoms with van der Waals surface area (Å²) in [7, 11) is 0. The molecule has 0 unspecified atom stereocenters. The maximum atomic E-state index is 13.0. The van der Waals surface area contributed by atoms with E-state index in [1.165, 1.54) is 0 Å². The molecule has 0 aliphatic carbocycles. The smallest absolute Gasteiger partial charge is 0.251 e. The highest BCUT2D eigenvalue weighted by molar-refractivity contribution is 6.09. The molecule has 0 saturated carbocycles. The number of furan rings is 1. The van der Waals surface area contributed by atoms with Gasteiger partial charge in [0.05, 0.1) is 6.26 Å². The molecule has 1 amide bonds. The molecule has 2 atom stereocenters. The fraction of sp³-hybridized carbons (Fsp3) is 0.100. The van der Waals surface area contributed by atoms with Crippen LogP contribution in [0.25, 0.3) is 0 Å². The van der Waals surface area contributed by atoms with E-state index >= 15 is 0 Å². The highest BCUT2D eigenvalue weighted by Gasteiger charge is 2.38. The predicted octanol–water partition coefficient (Wildman–Crippen LogP) is 3.43. The van der Waals surface area contributed by atoms with Crippen LogP contribution in [0.2, 0.25) is 0 Å². The third-order valence-electron chi connectivity index (χ3n) is 4.29. The van der Waals surface area contributed by atoms with Gasteiger partial charge in [-0.25, -0.2) is 0 Å². The van der Waals surface area contributed by atoms with Gasteiger partial charge in [0.25, 0.3) is 5.91 Å². The Labute approximate surface area is 144 Å². The molecule has 1 aliphatic heterocycles. The normalized spacial score (nSPS) is 19.0. The highest BCUT2D eigenvalue weighted by Crippen LogP contribution is 2.33. The molecule has 0 fully saturated rings. The van der Waals surface area contributed by atoms with Crippen LogP contribution in [0.3, 0.4) is 0 Å². The van der Waals surface area contributed by atoms with Gasteiger partial charge in [-0.05, 0) is 36.4 Å². The number of carbonyl (C=O) groups is 2. The Bertz CT molecular complexity index is 904. The van der Waals surface area contributed by atoms with E-state index in [-0.39, 0.29) is 11.7 Å². The van der Waals surface area contributed by atoms with Gasteiger partial charge >= 0.3 is 0 Å². The first-order chi connectivity index (χ1) is 12.2. The Kier molecular flexibility index (Phi) is 3.82. The van der Waals surface area contributed by atoms with Crippen molar-refractivity contribution >= 4 is 17.4 Å². The van der Waals surface area contributed by atoms with E-state index in [0.29, 0.717) is 16.9 Å². The number of hydrogen-bond acceptors (Lipinski definition) is 4. The van der Waals surface area contributed by atoms with Crippen LogP contribution in [0.4, 0.5) is 5.69 Å². The summed E-state index contributed by atoms with van der Waals surface area (Å²) < 4.78 is 5.49. The number of amides is 1. The van der Waals surface area contributed by atoms with Crippen molar-refractivity contribution in [3.63, 3.8) is 0 Å². The lowest BCUT2D eigenvalue weighted by atomic mass is 9.90. The second-order valence-electron chi connectivity index (χ2n) is 5.86. The number of ketones is 1. The highest BCUT2D eigenvalue weighted by atomic mass is 16.3. The number of hydrogen-bond donors (Lipinski definition) is 2. The lowest BCUT2D eigenvalue weighted by molar-refractivity contribution is 0.0837. The van der Waals surface area contributed by atoms with E-state index in [9.17, 15) is 9.59 Å². The number of carbonyl (C=O) groups excluding carboxylic acids is 2. The summed E-state index contributed by atoms with van der Waals surface area (Å²) in [5.74, 6) is 0.165. The number of fused-ring (bicyclic) bond motifs is 1. The summed E-state index contributed by atoms with van der Waals surface area (Å²) in [4.78, 5) is 25.6. The Morgan fingerprint density at radius 2 is 1.72 bits per heavy atom. The molecule has 2 aromatic carbocycles. The Hall–Kier alpha value is -3.34. The molecule has 2 heterocycles. The van der Waals surface area contributed by atoms with Gasteiger partial charge in [-0.1, -0.05) is 30.3 Å². The molecule has 0 radical (unpaired) electrons. The van der Waals surface area contributed by atoms with Crippen molar-refractivity contribution in [3.8, 4) is 0 Å². The first-order valence-electron chi connectivity index (χ1n) is 8.03. The zero-order valence-electron chi connectivity index (χ0n) is 13.3. The molecule has 5 heteroatoms. The molecule has 3 aromatic rings. The van der Waals surface area contributed by atoms with Crippen LogP contribution >= 0.6 is 0 Å². The van der Waals surface area contributed by atoms with Crippen LogP contribution in [-0.2, 0) is 0 Å². The van der Waals surface area contributed by atoms with Crippen molar-refractivity contribution < 1.29 is 14.0 Å². The van der Waals surface area contributed by atoms with Gasteiger partial charge in [-0.3, -0.25) is 9.59 Å². The summed E-state index contributed by atoms with van der Waals surface area (Å²) in [5, 5.41) is 6.16. The lowest BCUT2D eigenvalue weighted by Crippen LogP contribution is -2.49.